The summed E-state index contributed by atoms with van der Waals surface area (Å²) in [5.41, 5.74) is 2.13. The first kappa shape index (κ1) is 6.63. The molecule has 0 rings (SSSR count). The van der Waals surface area contributed by atoms with Crippen LogP contribution in [0.3, 0.4) is 0 Å². The van der Waals surface area contributed by atoms with E-state index in [1.54, 1.807) is 0 Å². The fraction of sp³-hybridized carbons (Fsp3) is 0.400. The lowest BCUT2D eigenvalue weighted by Crippen LogP contribution is -1.82. The Morgan fingerprint density at radius 2 is 2.57 bits per heavy atom. The van der Waals surface area contributed by atoms with E-state index in [-0.39, 0.29) is 0 Å². The SMILES string of the molecule is CC=CCO[C]=S. The molecule has 0 spiro atoms. The second kappa shape index (κ2) is 5.63. The van der Waals surface area contributed by atoms with Gasteiger partial charge in [-0.05, 0) is 19.1 Å². The molecule has 0 aliphatic carbocycles. The molecule has 0 aliphatic heterocycles. The number of rotatable bonds is 3. The molecule has 0 fully saturated rings. The predicted octanol–water partition coefficient (Wildman–Crippen LogP) is 1.41. The zero-order valence-corrected chi connectivity index (χ0v) is 4.99. The molecule has 0 heterocycles. The van der Waals surface area contributed by atoms with Crippen LogP contribution in [0.5, 0.6) is 0 Å². The molecule has 0 aliphatic rings. The monoisotopic (exact) mass is 115 g/mol. The molecule has 0 aromatic carbocycles. The first-order chi connectivity index (χ1) is 3.41. The van der Waals surface area contributed by atoms with Crippen molar-refractivity contribution in [1.82, 2.24) is 0 Å². The van der Waals surface area contributed by atoms with Gasteiger partial charge in [-0.3, -0.25) is 0 Å². The highest BCUT2D eigenvalue weighted by molar-refractivity contribution is 7.78. The summed E-state index contributed by atoms with van der Waals surface area (Å²) in [4.78, 5) is 0. The summed E-state index contributed by atoms with van der Waals surface area (Å²) in [5.74, 6) is 0. The van der Waals surface area contributed by atoms with Crippen LogP contribution in [-0.2, 0) is 4.74 Å². The molecule has 0 saturated heterocycles. The van der Waals surface area contributed by atoms with Crippen molar-refractivity contribution in [2.24, 2.45) is 0 Å². The molecule has 0 bridgehead atoms. The van der Waals surface area contributed by atoms with E-state index in [4.69, 9.17) is 0 Å². The molecule has 0 atom stereocenters. The molecule has 0 N–H and O–H groups in total. The standard InChI is InChI=1S/C5H7OS/c1-2-3-4-6-5-7/h2-3H,4H2,1H3. The number of thiocarbonyl (C=S) groups is 1. The summed E-state index contributed by atoms with van der Waals surface area (Å²) in [6.45, 7) is 2.47. The fourth-order valence-corrected chi connectivity index (χ4v) is 0.246. The largest absolute Gasteiger partial charge is 0.476 e. The van der Waals surface area contributed by atoms with Gasteiger partial charge in [0.1, 0.15) is 6.61 Å². The molecule has 2 heteroatoms. The van der Waals surface area contributed by atoms with E-state index in [0.29, 0.717) is 6.61 Å². The van der Waals surface area contributed by atoms with Crippen LogP contribution in [-0.4, -0.2) is 12.2 Å². The van der Waals surface area contributed by atoms with E-state index < -0.39 is 0 Å². The number of hydrogen-bond acceptors (Lipinski definition) is 2. The summed E-state index contributed by atoms with van der Waals surface area (Å²) in [5, 5.41) is 0. The minimum absolute atomic E-state index is 0.542. The summed E-state index contributed by atoms with van der Waals surface area (Å²) >= 11 is 4.26. The van der Waals surface area contributed by atoms with Gasteiger partial charge < -0.3 is 4.74 Å². The van der Waals surface area contributed by atoms with Crippen LogP contribution in [0.2, 0.25) is 0 Å². The maximum absolute atomic E-state index is 4.55. The Morgan fingerprint density at radius 3 is 3.00 bits per heavy atom. The van der Waals surface area contributed by atoms with E-state index in [2.05, 4.69) is 22.5 Å². The van der Waals surface area contributed by atoms with E-state index in [0.717, 1.165) is 0 Å². The summed E-state index contributed by atoms with van der Waals surface area (Å²) in [6.07, 6.45) is 3.76. The molecular formula is C5H7OS. The van der Waals surface area contributed by atoms with Gasteiger partial charge in [-0.25, -0.2) is 0 Å². The second-order valence-electron chi connectivity index (χ2n) is 0.963. The Morgan fingerprint density at radius 1 is 1.86 bits per heavy atom. The number of allylic oxidation sites excluding steroid dienone is 1. The average Bonchev–Trinajstić information content (AvgIpc) is 1.69. The smallest absolute Gasteiger partial charge is 0.239 e. The predicted molar refractivity (Wildman–Crippen MR) is 33.4 cm³/mol. The highest BCUT2D eigenvalue weighted by Gasteiger charge is 1.67. The van der Waals surface area contributed by atoms with Crippen LogP contribution in [0.15, 0.2) is 12.2 Å². The van der Waals surface area contributed by atoms with Crippen LogP contribution in [0.4, 0.5) is 0 Å². The van der Waals surface area contributed by atoms with E-state index in [9.17, 15) is 0 Å². The van der Waals surface area contributed by atoms with E-state index in [1.807, 2.05) is 19.1 Å². The van der Waals surface area contributed by atoms with Gasteiger partial charge in [0.25, 0.3) is 0 Å². The van der Waals surface area contributed by atoms with Crippen molar-refractivity contribution in [3.63, 3.8) is 0 Å². The van der Waals surface area contributed by atoms with Crippen LogP contribution in [0.25, 0.3) is 0 Å². The Hall–Kier alpha value is -0.370. The Kier molecular flexibility index (Phi) is 5.33. The first-order valence-corrected chi connectivity index (χ1v) is 2.42. The van der Waals surface area contributed by atoms with E-state index >= 15 is 0 Å². The van der Waals surface area contributed by atoms with Crippen LogP contribution in [0, 0.1) is 0 Å². The average molecular weight is 115 g/mol. The zero-order chi connectivity index (χ0) is 5.54. The van der Waals surface area contributed by atoms with E-state index in [1.165, 1.54) is 0 Å². The normalized spacial score (nSPS) is 9.29. The Bertz CT molecular complexity index is 68.5. The summed E-state index contributed by atoms with van der Waals surface area (Å²) < 4.78 is 4.55. The van der Waals surface area contributed by atoms with Crippen molar-refractivity contribution in [1.29, 1.82) is 0 Å². The highest BCUT2D eigenvalue weighted by atomic mass is 32.1. The van der Waals surface area contributed by atoms with Crippen LogP contribution >= 0.6 is 12.2 Å². The van der Waals surface area contributed by atoms with Crippen molar-refractivity contribution in [2.45, 2.75) is 6.92 Å². The van der Waals surface area contributed by atoms with Crippen molar-refractivity contribution < 1.29 is 4.74 Å². The molecular weight excluding hydrogens is 108 g/mol. The highest BCUT2D eigenvalue weighted by Crippen LogP contribution is 1.71. The van der Waals surface area contributed by atoms with Crippen molar-refractivity contribution in [2.75, 3.05) is 6.61 Å². The van der Waals surface area contributed by atoms with Crippen molar-refractivity contribution in [3.8, 4) is 0 Å². The van der Waals surface area contributed by atoms with Gasteiger partial charge in [0.15, 0.2) is 0 Å². The molecule has 0 unspecified atom stereocenters. The minimum Gasteiger partial charge on any atom is -0.476 e. The fourth-order valence-electron chi connectivity index (χ4n) is 0.178. The first-order valence-electron chi connectivity index (χ1n) is 2.02. The third-order valence-electron chi connectivity index (χ3n) is 0.474. The lowest BCUT2D eigenvalue weighted by molar-refractivity contribution is 0.376. The Balaban J connectivity index is 2.82. The molecule has 1 nitrogen and oxygen atoms in total. The summed E-state index contributed by atoms with van der Waals surface area (Å²) in [7, 11) is 0. The van der Waals surface area contributed by atoms with Crippen LogP contribution in [0.1, 0.15) is 6.92 Å². The maximum atomic E-state index is 4.55. The van der Waals surface area contributed by atoms with Gasteiger partial charge in [-0.1, -0.05) is 12.2 Å². The molecule has 0 amide bonds. The molecule has 0 aromatic rings. The second-order valence-corrected chi connectivity index (χ2v) is 1.13. The third kappa shape index (κ3) is 5.63. The van der Waals surface area contributed by atoms with Crippen molar-refractivity contribution >= 4 is 17.8 Å². The molecule has 39 valence electrons. The Labute approximate surface area is 49.0 Å². The third-order valence-corrected chi connectivity index (χ3v) is 0.592. The van der Waals surface area contributed by atoms with Gasteiger partial charge in [0.05, 0.1) is 0 Å². The van der Waals surface area contributed by atoms with Gasteiger partial charge in [-0.15, -0.1) is 0 Å². The molecule has 0 aromatic heterocycles. The molecule has 7 heavy (non-hydrogen) atoms. The quantitative estimate of drug-likeness (QED) is 0.312. The lowest BCUT2D eigenvalue weighted by atomic mass is 10.6. The van der Waals surface area contributed by atoms with Gasteiger partial charge in [-0.2, -0.15) is 0 Å². The molecule has 1 radical (unpaired) electrons. The van der Waals surface area contributed by atoms with Gasteiger partial charge in [0, 0.05) is 0 Å². The topological polar surface area (TPSA) is 9.23 Å². The maximum Gasteiger partial charge on any atom is 0.239 e. The number of ether oxygens (including phenoxy) is 1. The summed E-state index contributed by atoms with van der Waals surface area (Å²) in [6, 6.07) is 0. The van der Waals surface area contributed by atoms with Gasteiger partial charge >= 0.3 is 0 Å². The lowest BCUT2D eigenvalue weighted by Gasteiger charge is -1.84. The van der Waals surface area contributed by atoms with Crippen molar-refractivity contribution in [3.05, 3.63) is 12.2 Å². The van der Waals surface area contributed by atoms with Crippen LogP contribution < -0.4 is 0 Å². The number of hydrogen-bond donors (Lipinski definition) is 0. The minimum atomic E-state index is 0.542. The van der Waals surface area contributed by atoms with Gasteiger partial charge in [0.2, 0.25) is 5.55 Å². The molecule has 0 saturated carbocycles. The zero-order valence-electron chi connectivity index (χ0n) is 4.18.